The van der Waals surface area contributed by atoms with Crippen molar-refractivity contribution < 1.29 is 69.5 Å². The van der Waals surface area contributed by atoms with Crippen LogP contribution in [0.25, 0.3) is 0 Å². The van der Waals surface area contributed by atoms with Gasteiger partial charge in [-0.25, -0.2) is 8.42 Å². The molecule has 0 rings (SSSR count). The van der Waals surface area contributed by atoms with Crippen LogP contribution in [0.5, 0.6) is 0 Å². The third-order valence-corrected chi connectivity index (χ3v) is 5.86. The van der Waals surface area contributed by atoms with Crippen molar-refractivity contribution in [3.05, 3.63) is 0 Å². The van der Waals surface area contributed by atoms with Crippen LogP contribution in [-0.4, -0.2) is 29.4 Å². The average molecular weight is 389 g/mol. The number of hydrogen-bond acceptors (Lipinski definition) is 4. The molecule has 0 aliphatic heterocycles. The van der Waals surface area contributed by atoms with Crippen LogP contribution in [0.2, 0.25) is 0 Å². The molecule has 0 radical (unpaired) electrons. The number of unbranched alkanes of at least 4 members (excludes halogenated alkanes) is 8. The molecule has 0 amide bonds. The van der Waals surface area contributed by atoms with E-state index in [4.69, 9.17) is 0 Å². The van der Waals surface area contributed by atoms with Gasteiger partial charge in [-0.15, -0.1) is 0 Å². The molecule has 0 fully saturated rings. The summed E-state index contributed by atoms with van der Waals surface area (Å²) in [5.41, 5.74) is 0. The molecule has 6 heteroatoms. The fourth-order valence-corrected chi connectivity index (χ4v) is 3.81. The Morgan fingerprint density at radius 3 is 1.67 bits per heavy atom. The second-order valence-corrected chi connectivity index (χ2v) is 8.38. The summed E-state index contributed by atoms with van der Waals surface area (Å²) < 4.78 is 34.0. The third-order valence-electron chi connectivity index (χ3n) is 4.57. The van der Waals surface area contributed by atoms with E-state index in [0.717, 1.165) is 32.1 Å². The minimum absolute atomic E-state index is 0. The first-order valence-electron chi connectivity index (χ1n) is 9.54. The molecule has 0 spiro atoms. The molecular formula is C18H37KO4S. The fourth-order valence-electron chi connectivity index (χ4n) is 2.89. The van der Waals surface area contributed by atoms with Gasteiger partial charge >= 0.3 is 51.4 Å². The van der Waals surface area contributed by atoms with Crippen molar-refractivity contribution in [3.8, 4) is 0 Å². The minimum Gasteiger partial charge on any atom is -0.748 e. The zero-order valence-electron chi connectivity index (χ0n) is 16.1. The Kier molecular flexibility index (Phi) is 20.7. The van der Waals surface area contributed by atoms with Gasteiger partial charge in [0.1, 0.15) is 0 Å². The molecule has 140 valence electrons. The molecule has 0 bridgehead atoms. The maximum Gasteiger partial charge on any atom is 1.00 e. The summed E-state index contributed by atoms with van der Waals surface area (Å²) in [5.74, 6) is 0. The molecule has 0 aliphatic carbocycles. The summed E-state index contributed by atoms with van der Waals surface area (Å²) in [6, 6.07) is 0. The first-order chi connectivity index (χ1) is 10.9. The van der Waals surface area contributed by atoms with Crippen LogP contribution in [0.4, 0.5) is 0 Å². The van der Waals surface area contributed by atoms with Gasteiger partial charge in [0.25, 0.3) is 0 Å². The van der Waals surface area contributed by atoms with E-state index < -0.39 is 15.4 Å². The van der Waals surface area contributed by atoms with Crippen LogP contribution in [0.3, 0.4) is 0 Å². The molecule has 0 aromatic carbocycles. The molecule has 1 N–H and O–H groups in total. The van der Waals surface area contributed by atoms with Crippen molar-refractivity contribution in [2.75, 3.05) is 0 Å². The van der Waals surface area contributed by atoms with Gasteiger partial charge in [-0.2, -0.15) is 0 Å². The van der Waals surface area contributed by atoms with Gasteiger partial charge in [-0.05, 0) is 25.7 Å². The maximum absolute atomic E-state index is 11.3. The first-order valence-corrected chi connectivity index (χ1v) is 11.0. The topological polar surface area (TPSA) is 77.4 Å². The van der Waals surface area contributed by atoms with Gasteiger partial charge < -0.3 is 9.66 Å². The van der Waals surface area contributed by atoms with Gasteiger partial charge in [0.15, 0.2) is 0 Å². The molecule has 0 heterocycles. The van der Waals surface area contributed by atoms with Crippen molar-refractivity contribution in [2.45, 2.75) is 115 Å². The van der Waals surface area contributed by atoms with E-state index in [1.165, 1.54) is 32.1 Å². The summed E-state index contributed by atoms with van der Waals surface area (Å²) in [6.07, 6.45) is 12.8. The average Bonchev–Trinajstić information content (AvgIpc) is 2.50. The second kappa shape index (κ2) is 17.9. The second-order valence-electron chi connectivity index (χ2n) is 6.72. The van der Waals surface area contributed by atoms with Crippen molar-refractivity contribution in [2.24, 2.45) is 0 Å². The molecule has 0 saturated carbocycles. The van der Waals surface area contributed by atoms with Crippen LogP contribution in [0.1, 0.15) is 104 Å². The van der Waals surface area contributed by atoms with Crippen LogP contribution in [-0.2, 0) is 10.1 Å². The predicted molar refractivity (Wildman–Crippen MR) is 95.5 cm³/mol. The smallest absolute Gasteiger partial charge is 0.748 e. The van der Waals surface area contributed by atoms with Crippen molar-refractivity contribution in [1.29, 1.82) is 0 Å². The standard InChI is InChI=1S/C18H38O4S.K/c1-3-5-6-7-8-9-10-11-15-18(23(20,21)22)16-13-12-14-17(19)4-2;/h17-19H,3-16H2,1-2H3,(H,20,21,22);/q;+1/p-1. The molecule has 0 aliphatic rings. The van der Waals surface area contributed by atoms with E-state index in [0.29, 0.717) is 25.7 Å². The Labute approximate surface area is 192 Å². The van der Waals surface area contributed by atoms with Crippen LogP contribution in [0.15, 0.2) is 0 Å². The monoisotopic (exact) mass is 388 g/mol. The fraction of sp³-hybridized carbons (Fsp3) is 1.00. The Bertz CT molecular complexity index is 360. The Balaban J connectivity index is 0. The van der Waals surface area contributed by atoms with Crippen molar-refractivity contribution in [1.82, 2.24) is 0 Å². The number of aliphatic hydroxyl groups excluding tert-OH is 1. The van der Waals surface area contributed by atoms with E-state index in [-0.39, 0.29) is 57.5 Å². The number of aliphatic hydroxyl groups is 1. The number of hydrogen-bond donors (Lipinski definition) is 1. The molecule has 0 saturated heterocycles. The minimum atomic E-state index is -4.19. The van der Waals surface area contributed by atoms with Crippen LogP contribution < -0.4 is 51.4 Å². The third kappa shape index (κ3) is 16.9. The van der Waals surface area contributed by atoms with Gasteiger partial charge in [0, 0.05) is 5.25 Å². The van der Waals surface area contributed by atoms with Gasteiger partial charge in [0.2, 0.25) is 0 Å². The van der Waals surface area contributed by atoms with Gasteiger partial charge in [0.05, 0.1) is 16.2 Å². The Morgan fingerprint density at radius 1 is 0.792 bits per heavy atom. The first kappa shape index (κ1) is 27.7. The van der Waals surface area contributed by atoms with E-state index in [1.54, 1.807) is 0 Å². The van der Waals surface area contributed by atoms with E-state index in [9.17, 15) is 18.1 Å². The zero-order valence-corrected chi connectivity index (χ0v) is 20.1. The normalized spacial score (nSPS) is 14.2. The zero-order chi connectivity index (χ0) is 17.6. The van der Waals surface area contributed by atoms with Crippen molar-refractivity contribution in [3.63, 3.8) is 0 Å². The maximum atomic E-state index is 11.3. The summed E-state index contributed by atoms with van der Waals surface area (Å²) >= 11 is 0. The van der Waals surface area contributed by atoms with E-state index >= 15 is 0 Å². The summed E-state index contributed by atoms with van der Waals surface area (Å²) in [5, 5.41) is 8.75. The van der Waals surface area contributed by atoms with Gasteiger partial charge in [-0.1, -0.05) is 78.1 Å². The molecule has 2 atom stereocenters. The molecule has 24 heavy (non-hydrogen) atoms. The summed E-state index contributed by atoms with van der Waals surface area (Å²) in [6.45, 7) is 4.13. The predicted octanol–water partition coefficient (Wildman–Crippen LogP) is 1.77. The number of rotatable bonds is 16. The Hall–Kier alpha value is 1.51. The van der Waals surface area contributed by atoms with Crippen LogP contribution >= 0.6 is 0 Å². The van der Waals surface area contributed by atoms with Gasteiger partial charge in [-0.3, -0.25) is 0 Å². The quantitative estimate of drug-likeness (QED) is 0.248. The summed E-state index contributed by atoms with van der Waals surface area (Å²) in [4.78, 5) is 0. The summed E-state index contributed by atoms with van der Waals surface area (Å²) in [7, 11) is -4.19. The molecular weight excluding hydrogens is 351 g/mol. The molecule has 4 nitrogen and oxygen atoms in total. The molecule has 0 aromatic rings. The SMILES string of the molecule is CCCCCCCCCCC(CCCCC(O)CC)S(=O)(=O)[O-].[K+]. The Morgan fingerprint density at radius 2 is 1.21 bits per heavy atom. The van der Waals surface area contributed by atoms with E-state index in [1.807, 2.05) is 6.92 Å². The van der Waals surface area contributed by atoms with E-state index in [2.05, 4.69) is 6.92 Å². The molecule has 0 aromatic heterocycles. The molecule has 2 unspecified atom stereocenters. The largest absolute Gasteiger partial charge is 1.00 e. The van der Waals surface area contributed by atoms with Crippen molar-refractivity contribution >= 4 is 10.1 Å². The van der Waals surface area contributed by atoms with Crippen LogP contribution in [0, 0.1) is 0 Å².